The summed E-state index contributed by atoms with van der Waals surface area (Å²) in [5, 5.41) is 2.92. The Morgan fingerprint density at radius 3 is 2.30 bits per heavy atom. The van der Waals surface area contributed by atoms with Gasteiger partial charge < -0.3 is 15.0 Å². The third kappa shape index (κ3) is 6.59. The number of ether oxygens (including phenoxy) is 1. The van der Waals surface area contributed by atoms with Crippen LogP contribution < -0.4 is 10.1 Å². The number of hydrogen-bond donors (Lipinski definition) is 1. The van der Waals surface area contributed by atoms with E-state index in [0.717, 1.165) is 27.6 Å². The Bertz CT molecular complexity index is 832. The fourth-order valence-electron chi connectivity index (χ4n) is 3.28. The highest BCUT2D eigenvalue weighted by Crippen LogP contribution is 2.26. The zero-order chi connectivity index (χ0) is 22.1. The van der Waals surface area contributed by atoms with Gasteiger partial charge in [0.2, 0.25) is 5.91 Å². The van der Waals surface area contributed by atoms with Gasteiger partial charge in [-0.15, -0.1) is 0 Å². The van der Waals surface area contributed by atoms with Gasteiger partial charge in [0.25, 0.3) is 5.91 Å². The second kappa shape index (κ2) is 11.7. The maximum Gasteiger partial charge on any atom is 0.261 e. The number of benzene rings is 2. The van der Waals surface area contributed by atoms with Crippen molar-refractivity contribution in [3.8, 4) is 5.75 Å². The topological polar surface area (TPSA) is 58.6 Å². The highest BCUT2D eigenvalue weighted by molar-refractivity contribution is 9.10. The summed E-state index contributed by atoms with van der Waals surface area (Å²) in [5.74, 6) is 0.305. The summed E-state index contributed by atoms with van der Waals surface area (Å²) in [5.41, 5.74) is 3.07. The minimum Gasteiger partial charge on any atom is -0.484 e. The van der Waals surface area contributed by atoms with Gasteiger partial charge in [0.1, 0.15) is 11.8 Å². The molecular formula is C24H31BrN2O3. The summed E-state index contributed by atoms with van der Waals surface area (Å²) >= 11 is 3.54. The molecule has 162 valence electrons. The molecule has 0 unspecified atom stereocenters. The number of carbonyl (C=O) groups is 2. The highest BCUT2D eigenvalue weighted by Gasteiger charge is 2.28. The van der Waals surface area contributed by atoms with Crippen LogP contribution in [0.3, 0.4) is 0 Å². The summed E-state index contributed by atoms with van der Waals surface area (Å²) in [4.78, 5) is 27.5. The molecule has 2 rings (SSSR count). The van der Waals surface area contributed by atoms with E-state index in [1.807, 2.05) is 70.2 Å². The van der Waals surface area contributed by atoms with E-state index in [4.69, 9.17) is 4.74 Å². The van der Waals surface area contributed by atoms with Gasteiger partial charge in [-0.1, -0.05) is 60.1 Å². The van der Waals surface area contributed by atoms with Gasteiger partial charge in [0.05, 0.1) is 0 Å². The SMILES string of the molecule is CCCNC(=O)[C@H](CC)N(Cc1ccccc1)C(=O)COc1cc(C)c(Br)c(C)c1. The molecule has 6 heteroatoms. The molecule has 2 aromatic carbocycles. The summed E-state index contributed by atoms with van der Waals surface area (Å²) in [7, 11) is 0. The van der Waals surface area contributed by atoms with Crippen molar-refractivity contribution in [1.29, 1.82) is 0 Å². The summed E-state index contributed by atoms with van der Waals surface area (Å²) in [6, 6.07) is 13.0. The molecule has 0 bridgehead atoms. The van der Waals surface area contributed by atoms with Crippen molar-refractivity contribution in [2.24, 2.45) is 0 Å². The maximum absolute atomic E-state index is 13.1. The molecule has 1 atom stereocenters. The molecule has 2 aromatic rings. The number of halogens is 1. The van der Waals surface area contributed by atoms with E-state index in [9.17, 15) is 9.59 Å². The Morgan fingerprint density at radius 1 is 1.10 bits per heavy atom. The Hall–Kier alpha value is -2.34. The largest absolute Gasteiger partial charge is 0.484 e. The van der Waals surface area contributed by atoms with E-state index in [1.54, 1.807) is 4.90 Å². The number of aryl methyl sites for hydroxylation is 2. The van der Waals surface area contributed by atoms with Crippen LogP contribution in [0.2, 0.25) is 0 Å². The van der Waals surface area contributed by atoms with Crippen molar-refractivity contribution in [2.75, 3.05) is 13.2 Å². The Kier molecular flexibility index (Phi) is 9.37. The fourth-order valence-corrected chi connectivity index (χ4v) is 3.51. The van der Waals surface area contributed by atoms with Crippen molar-refractivity contribution in [3.63, 3.8) is 0 Å². The van der Waals surface area contributed by atoms with Gasteiger partial charge in [0.15, 0.2) is 6.61 Å². The molecule has 0 saturated heterocycles. The van der Waals surface area contributed by atoms with Crippen LogP contribution in [0.25, 0.3) is 0 Å². The van der Waals surface area contributed by atoms with Gasteiger partial charge in [-0.05, 0) is 55.5 Å². The van der Waals surface area contributed by atoms with Crippen molar-refractivity contribution < 1.29 is 14.3 Å². The zero-order valence-corrected chi connectivity index (χ0v) is 19.8. The van der Waals surface area contributed by atoms with Crippen LogP contribution in [0.4, 0.5) is 0 Å². The van der Waals surface area contributed by atoms with Crippen molar-refractivity contribution in [3.05, 3.63) is 63.6 Å². The van der Waals surface area contributed by atoms with Gasteiger partial charge in [0, 0.05) is 17.6 Å². The average molecular weight is 475 g/mol. The smallest absolute Gasteiger partial charge is 0.261 e. The minimum absolute atomic E-state index is 0.120. The molecule has 30 heavy (non-hydrogen) atoms. The van der Waals surface area contributed by atoms with Crippen molar-refractivity contribution >= 4 is 27.7 Å². The first-order valence-corrected chi connectivity index (χ1v) is 11.2. The molecule has 0 aliphatic carbocycles. The average Bonchev–Trinajstić information content (AvgIpc) is 2.74. The van der Waals surface area contributed by atoms with Gasteiger partial charge in [-0.25, -0.2) is 0 Å². The predicted octanol–water partition coefficient (Wildman–Crippen LogP) is 4.78. The van der Waals surface area contributed by atoms with E-state index < -0.39 is 6.04 Å². The lowest BCUT2D eigenvalue weighted by Crippen LogP contribution is -2.50. The molecule has 2 amide bonds. The molecule has 0 spiro atoms. The Balaban J connectivity index is 2.19. The summed E-state index contributed by atoms with van der Waals surface area (Å²) in [6.45, 7) is 8.73. The number of hydrogen-bond acceptors (Lipinski definition) is 3. The lowest BCUT2D eigenvalue weighted by Gasteiger charge is -2.30. The van der Waals surface area contributed by atoms with Gasteiger partial charge >= 0.3 is 0 Å². The maximum atomic E-state index is 13.1. The van der Waals surface area contributed by atoms with Crippen LogP contribution in [0.15, 0.2) is 46.9 Å². The molecule has 0 aromatic heterocycles. The number of carbonyl (C=O) groups excluding carboxylic acids is 2. The van der Waals surface area contributed by atoms with E-state index in [2.05, 4.69) is 21.2 Å². The van der Waals surface area contributed by atoms with Crippen LogP contribution in [-0.4, -0.2) is 35.9 Å². The first kappa shape index (κ1) is 23.9. The third-order valence-corrected chi connectivity index (χ3v) is 6.15. The van der Waals surface area contributed by atoms with E-state index in [0.29, 0.717) is 25.3 Å². The van der Waals surface area contributed by atoms with Crippen LogP contribution in [-0.2, 0) is 16.1 Å². The fraction of sp³-hybridized carbons (Fsp3) is 0.417. The monoisotopic (exact) mass is 474 g/mol. The van der Waals surface area contributed by atoms with Crippen molar-refractivity contribution in [1.82, 2.24) is 10.2 Å². The number of nitrogens with one attached hydrogen (secondary N) is 1. The summed E-state index contributed by atoms with van der Waals surface area (Å²) < 4.78 is 6.85. The molecule has 5 nitrogen and oxygen atoms in total. The number of rotatable bonds is 10. The zero-order valence-electron chi connectivity index (χ0n) is 18.2. The molecule has 0 fully saturated rings. The van der Waals surface area contributed by atoms with Gasteiger partial charge in [-0.3, -0.25) is 9.59 Å². The molecule has 0 radical (unpaired) electrons. The second-order valence-electron chi connectivity index (χ2n) is 7.38. The van der Waals surface area contributed by atoms with Gasteiger partial charge in [-0.2, -0.15) is 0 Å². The second-order valence-corrected chi connectivity index (χ2v) is 8.18. The standard InChI is InChI=1S/C24H31BrN2O3/c1-5-12-26-24(29)21(6-2)27(15-19-10-8-7-9-11-19)22(28)16-30-20-13-17(3)23(25)18(4)14-20/h7-11,13-14,21H,5-6,12,15-16H2,1-4H3,(H,26,29)/t21-/m0/s1. The highest BCUT2D eigenvalue weighted by atomic mass is 79.9. The molecule has 0 aliphatic heterocycles. The normalized spacial score (nSPS) is 11.6. The Labute approximate surface area is 187 Å². The predicted molar refractivity (Wildman–Crippen MR) is 123 cm³/mol. The summed E-state index contributed by atoms with van der Waals surface area (Å²) in [6.07, 6.45) is 1.38. The van der Waals surface area contributed by atoms with Crippen LogP contribution in [0, 0.1) is 13.8 Å². The molecule has 0 saturated carbocycles. The third-order valence-electron chi connectivity index (χ3n) is 4.90. The number of nitrogens with zero attached hydrogens (tertiary/aromatic N) is 1. The minimum atomic E-state index is -0.541. The van der Waals surface area contributed by atoms with E-state index >= 15 is 0 Å². The lowest BCUT2D eigenvalue weighted by atomic mass is 10.1. The molecule has 0 aliphatic rings. The van der Waals surface area contributed by atoms with Crippen LogP contribution in [0.1, 0.15) is 43.4 Å². The quantitative estimate of drug-likeness (QED) is 0.538. The Morgan fingerprint density at radius 2 is 1.73 bits per heavy atom. The number of amides is 2. The molecule has 1 N–H and O–H groups in total. The van der Waals surface area contributed by atoms with Crippen LogP contribution in [0.5, 0.6) is 5.75 Å². The van der Waals surface area contributed by atoms with E-state index in [-0.39, 0.29) is 18.4 Å². The first-order chi connectivity index (χ1) is 14.4. The van der Waals surface area contributed by atoms with E-state index in [1.165, 1.54) is 0 Å². The molecular weight excluding hydrogens is 444 g/mol. The van der Waals surface area contributed by atoms with Crippen LogP contribution >= 0.6 is 15.9 Å². The van der Waals surface area contributed by atoms with Crippen molar-refractivity contribution in [2.45, 2.75) is 53.1 Å². The lowest BCUT2D eigenvalue weighted by molar-refractivity contribution is -0.143. The molecule has 0 heterocycles. The first-order valence-electron chi connectivity index (χ1n) is 10.4.